The molecule has 2 aromatic heterocycles. The van der Waals surface area contributed by atoms with Gasteiger partial charge in [-0.1, -0.05) is 6.92 Å². The molecule has 1 fully saturated rings. The van der Waals surface area contributed by atoms with E-state index in [1.165, 1.54) is 47.9 Å². The lowest BCUT2D eigenvalue weighted by Crippen LogP contribution is -2.35. The first-order valence-electron chi connectivity index (χ1n) is 9.26. The molecule has 24 heavy (non-hydrogen) atoms. The van der Waals surface area contributed by atoms with Crippen LogP contribution in [-0.2, 0) is 6.42 Å². The van der Waals surface area contributed by atoms with Gasteiger partial charge in [0.15, 0.2) is 0 Å². The van der Waals surface area contributed by atoms with Crippen LogP contribution in [0.4, 0.5) is 0 Å². The van der Waals surface area contributed by atoms with E-state index in [1.807, 2.05) is 11.3 Å². The minimum Gasteiger partial charge on any atom is -0.474 e. The summed E-state index contributed by atoms with van der Waals surface area (Å²) >= 11 is 1.85. The molecule has 0 bridgehead atoms. The Labute approximate surface area is 148 Å². The smallest absolute Gasteiger partial charge is 0.225 e. The van der Waals surface area contributed by atoms with E-state index in [4.69, 9.17) is 4.74 Å². The second-order valence-electron chi connectivity index (χ2n) is 7.45. The van der Waals surface area contributed by atoms with Crippen molar-refractivity contribution >= 4 is 21.6 Å². The fraction of sp³-hybridized carbons (Fsp3) is 0.684. The lowest BCUT2D eigenvalue weighted by atomic mass is 9.92. The molecule has 5 heteroatoms. The van der Waals surface area contributed by atoms with Crippen molar-refractivity contribution < 1.29 is 4.74 Å². The van der Waals surface area contributed by atoms with Crippen LogP contribution in [0.3, 0.4) is 0 Å². The molecule has 1 saturated carbocycles. The van der Waals surface area contributed by atoms with Gasteiger partial charge in [0.05, 0.1) is 5.39 Å². The number of fused-ring (bicyclic) bond motifs is 3. The van der Waals surface area contributed by atoms with E-state index in [1.54, 1.807) is 6.33 Å². The van der Waals surface area contributed by atoms with Crippen LogP contribution in [0.2, 0.25) is 0 Å². The third-order valence-electron chi connectivity index (χ3n) is 5.84. The fourth-order valence-corrected chi connectivity index (χ4v) is 5.61. The average molecular weight is 346 g/mol. The predicted molar refractivity (Wildman–Crippen MR) is 99.1 cm³/mol. The van der Waals surface area contributed by atoms with Gasteiger partial charge in [-0.05, 0) is 70.5 Å². The molecule has 2 aliphatic carbocycles. The summed E-state index contributed by atoms with van der Waals surface area (Å²) in [5.41, 5.74) is 1.50. The number of ether oxygens (including phenoxy) is 1. The second-order valence-corrected chi connectivity index (χ2v) is 8.54. The largest absolute Gasteiger partial charge is 0.474 e. The molecule has 130 valence electrons. The number of aryl methyl sites for hydroxylation is 1. The van der Waals surface area contributed by atoms with Gasteiger partial charge in [0, 0.05) is 10.9 Å². The average Bonchev–Trinajstić information content (AvgIpc) is 3.14. The van der Waals surface area contributed by atoms with Gasteiger partial charge in [-0.2, -0.15) is 0 Å². The quantitative estimate of drug-likeness (QED) is 0.824. The topological polar surface area (TPSA) is 38.3 Å². The Hall–Kier alpha value is -1.20. The minimum absolute atomic E-state index is 0.302. The van der Waals surface area contributed by atoms with Crippen molar-refractivity contribution in [2.24, 2.45) is 0 Å². The molecule has 0 aliphatic heterocycles. The Morgan fingerprint density at radius 2 is 1.96 bits per heavy atom. The maximum atomic E-state index is 6.41. The Morgan fingerprint density at radius 3 is 2.67 bits per heavy atom. The van der Waals surface area contributed by atoms with E-state index < -0.39 is 0 Å². The third-order valence-corrected chi connectivity index (χ3v) is 7.01. The molecule has 2 aliphatic rings. The lowest BCUT2D eigenvalue weighted by Gasteiger charge is -2.32. The van der Waals surface area contributed by atoms with E-state index in [0.29, 0.717) is 18.1 Å². The zero-order chi connectivity index (χ0) is 16.7. The highest BCUT2D eigenvalue weighted by Gasteiger charge is 2.30. The predicted octanol–water partition coefficient (Wildman–Crippen LogP) is 4.38. The van der Waals surface area contributed by atoms with Gasteiger partial charge in [0.2, 0.25) is 5.88 Å². The van der Waals surface area contributed by atoms with Crippen molar-refractivity contribution in [2.75, 3.05) is 14.1 Å². The molecular weight excluding hydrogens is 318 g/mol. The number of hydrogen-bond acceptors (Lipinski definition) is 5. The first kappa shape index (κ1) is 16.3. The molecule has 0 saturated heterocycles. The molecule has 0 amide bonds. The summed E-state index contributed by atoms with van der Waals surface area (Å²) in [4.78, 5) is 14.0. The summed E-state index contributed by atoms with van der Waals surface area (Å²) in [6.45, 7) is 2.29. The standard InChI is InChI=1S/C19H27N3OS/c1-4-12-5-10-15-16(12)17-18(20-11-21-19(17)24-15)23-14-8-6-13(7-9-14)22(2)3/h11-14H,4-10H2,1-3H3/t12?,13-,14-. The van der Waals surface area contributed by atoms with Crippen molar-refractivity contribution in [3.63, 3.8) is 0 Å². The lowest BCUT2D eigenvalue weighted by molar-refractivity contribution is 0.108. The summed E-state index contributed by atoms with van der Waals surface area (Å²) in [5.74, 6) is 1.50. The van der Waals surface area contributed by atoms with Gasteiger partial charge in [0.1, 0.15) is 17.3 Å². The van der Waals surface area contributed by atoms with E-state index in [0.717, 1.165) is 23.6 Å². The van der Waals surface area contributed by atoms with Crippen LogP contribution in [0, 0.1) is 0 Å². The van der Waals surface area contributed by atoms with Crippen LogP contribution < -0.4 is 4.74 Å². The van der Waals surface area contributed by atoms with Gasteiger partial charge in [-0.15, -0.1) is 11.3 Å². The van der Waals surface area contributed by atoms with E-state index >= 15 is 0 Å². The molecule has 4 nitrogen and oxygen atoms in total. The molecule has 0 spiro atoms. The second kappa shape index (κ2) is 6.60. The van der Waals surface area contributed by atoms with Crippen molar-refractivity contribution in [2.45, 2.75) is 69.9 Å². The van der Waals surface area contributed by atoms with Crippen LogP contribution in [-0.4, -0.2) is 41.1 Å². The molecule has 0 aromatic carbocycles. The summed E-state index contributed by atoms with van der Waals surface area (Å²) < 4.78 is 6.41. The molecule has 1 unspecified atom stereocenters. The van der Waals surface area contributed by atoms with E-state index in [9.17, 15) is 0 Å². The van der Waals surface area contributed by atoms with Gasteiger partial charge in [0.25, 0.3) is 0 Å². The summed E-state index contributed by atoms with van der Waals surface area (Å²) in [6.07, 6.45) is 10.3. The van der Waals surface area contributed by atoms with Gasteiger partial charge in [-0.25, -0.2) is 9.97 Å². The molecule has 2 heterocycles. The van der Waals surface area contributed by atoms with Crippen LogP contribution >= 0.6 is 11.3 Å². The summed E-state index contributed by atoms with van der Waals surface area (Å²) in [7, 11) is 4.36. The highest BCUT2D eigenvalue weighted by atomic mass is 32.1. The molecular formula is C19H27N3OS. The van der Waals surface area contributed by atoms with Crippen molar-refractivity contribution in [1.29, 1.82) is 0 Å². The first-order chi connectivity index (χ1) is 11.7. The Balaban J connectivity index is 1.59. The maximum absolute atomic E-state index is 6.41. The zero-order valence-electron chi connectivity index (χ0n) is 14.9. The highest BCUT2D eigenvalue weighted by Crippen LogP contribution is 2.47. The van der Waals surface area contributed by atoms with Crippen molar-refractivity contribution in [1.82, 2.24) is 14.9 Å². The van der Waals surface area contributed by atoms with Gasteiger partial charge < -0.3 is 9.64 Å². The van der Waals surface area contributed by atoms with Crippen LogP contribution in [0.5, 0.6) is 5.88 Å². The van der Waals surface area contributed by atoms with Crippen molar-refractivity contribution in [3.8, 4) is 5.88 Å². The van der Waals surface area contributed by atoms with Crippen LogP contribution in [0.15, 0.2) is 6.33 Å². The van der Waals surface area contributed by atoms with Gasteiger partial charge in [-0.3, -0.25) is 0 Å². The Morgan fingerprint density at radius 1 is 1.17 bits per heavy atom. The number of aromatic nitrogens is 2. The monoisotopic (exact) mass is 345 g/mol. The number of thiophene rings is 1. The molecule has 0 radical (unpaired) electrons. The Kier molecular flexibility index (Phi) is 4.48. The summed E-state index contributed by atoms with van der Waals surface area (Å²) in [5, 5.41) is 1.22. The molecule has 4 rings (SSSR count). The van der Waals surface area contributed by atoms with E-state index in [-0.39, 0.29) is 0 Å². The number of rotatable bonds is 4. The zero-order valence-corrected chi connectivity index (χ0v) is 15.7. The first-order valence-corrected chi connectivity index (χ1v) is 10.1. The summed E-state index contributed by atoms with van der Waals surface area (Å²) in [6, 6.07) is 0.699. The van der Waals surface area contributed by atoms with Crippen molar-refractivity contribution in [3.05, 3.63) is 16.8 Å². The number of nitrogens with zero attached hydrogens (tertiary/aromatic N) is 3. The third kappa shape index (κ3) is 2.82. The van der Waals surface area contributed by atoms with Gasteiger partial charge >= 0.3 is 0 Å². The SMILES string of the molecule is CCC1CCc2sc3ncnc(O[C@H]4CC[C@H](N(C)C)CC4)c3c21. The molecule has 0 N–H and O–H groups in total. The van der Waals surface area contributed by atoms with Crippen LogP contribution in [0.1, 0.15) is 61.8 Å². The molecule has 2 aromatic rings. The number of hydrogen-bond donors (Lipinski definition) is 0. The molecule has 1 atom stereocenters. The maximum Gasteiger partial charge on any atom is 0.225 e. The fourth-order valence-electron chi connectivity index (χ4n) is 4.38. The normalized spacial score (nSPS) is 26.9. The highest BCUT2D eigenvalue weighted by molar-refractivity contribution is 7.19. The van der Waals surface area contributed by atoms with E-state index in [2.05, 4.69) is 35.9 Å². The van der Waals surface area contributed by atoms with Crippen LogP contribution in [0.25, 0.3) is 10.2 Å². The Bertz CT molecular complexity index is 719. The minimum atomic E-state index is 0.302.